The van der Waals surface area contributed by atoms with Crippen LogP contribution < -0.4 is 21.7 Å². The number of carbonyl (C=O) groups excluding carboxylic acids is 5. The molecule has 5 aliphatic heterocycles. The Morgan fingerprint density at radius 2 is 1.89 bits per heavy atom. The third kappa shape index (κ3) is 4.73. The van der Waals surface area contributed by atoms with Crippen molar-refractivity contribution in [3.05, 3.63) is 33.8 Å². The highest BCUT2D eigenvalue weighted by Gasteiger charge is 2.72. The summed E-state index contributed by atoms with van der Waals surface area (Å²) in [6.45, 7) is 1.40. The lowest BCUT2D eigenvalue weighted by Crippen LogP contribution is -2.70. The molecule has 17 nitrogen and oxygen atoms in total. The quantitative estimate of drug-likeness (QED) is 0.0750. The number of allylic oxidation sites excluding steroid dienone is 2. The molecule has 0 unspecified atom stereocenters. The van der Waals surface area contributed by atoms with Crippen LogP contribution >= 0.6 is 11.8 Å². The van der Waals surface area contributed by atoms with Crippen LogP contribution in [0.3, 0.4) is 0 Å². The van der Waals surface area contributed by atoms with Gasteiger partial charge in [-0.1, -0.05) is 0 Å². The number of primary amides is 1. The smallest absolute Gasteiger partial charge is 0.404 e. The summed E-state index contributed by atoms with van der Waals surface area (Å²) >= 11 is 1.22. The minimum atomic E-state index is -1.38. The minimum absolute atomic E-state index is 0.0276. The molecule has 0 saturated carbocycles. The summed E-state index contributed by atoms with van der Waals surface area (Å²) in [6, 6.07) is -1.16. The first-order valence-electron chi connectivity index (χ1n) is 14.5. The first-order chi connectivity index (χ1) is 21.8. The maximum absolute atomic E-state index is 14.1. The molecule has 0 radical (unpaired) electrons. The number of β-lactam (4-membered cyclic amide) rings is 1. The number of fused-ring (bicyclic) bond motifs is 5. The number of nitrogens with two attached hydrogens (primary N) is 1. The zero-order valence-corrected chi connectivity index (χ0v) is 25.6. The van der Waals surface area contributed by atoms with Gasteiger partial charge < -0.3 is 46.3 Å². The van der Waals surface area contributed by atoms with E-state index >= 15 is 0 Å². The lowest BCUT2D eigenvalue weighted by Gasteiger charge is -2.49. The number of nitrogens with one attached hydrogen (secondary N) is 3. The van der Waals surface area contributed by atoms with Crippen LogP contribution in [0.4, 0.5) is 4.79 Å². The number of Topliss-reactive ketones (excluding diaryl/α,β-unsaturated/α-hetero) is 2. The van der Waals surface area contributed by atoms with Gasteiger partial charge in [-0.05, 0) is 18.9 Å². The number of carboxylic acids is 2. The molecule has 3 fully saturated rings. The molecule has 246 valence electrons. The van der Waals surface area contributed by atoms with Crippen LogP contribution in [-0.2, 0) is 38.2 Å². The second-order valence-corrected chi connectivity index (χ2v) is 12.8. The van der Waals surface area contributed by atoms with E-state index in [1.54, 1.807) is 4.90 Å². The Morgan fingerprint density at radius 1 is 1.15 bits per heavy atom. The first-order valence-corrected chi connectivity index (χ1v) is 15.6. The van der Waals surface area contributed by atoms with Gasteiger partial charge in [-0.15, -0.1) is 11.8 Å². The molecular weight excluding hydrogens is 628 g/mol. The highest BCUT2D eigenvalue weighted by Crippen LogP contribution is 2.55. The highest BCUT2D eigenvalue weighted by atomic mass is 32.2. The van der Waals surface area contributed by atoms with Crippen molar-refractivity contribution < 1.29 is 53.2 Å². The molecule has 3 amide bonds. The van der Waals surface area contributed by atoms with Crippen LogP contribution in [0.2, 0.25) is 0 Å². The van der Waals surface area contributed by atoms with Gasteiger partial charge in [-0.25, -0.2) is 9.59 Å². The minimum Gasteiger partial charge on any atom is -0.481 e. The molecule has 0 spiro atoms. The van der Waals surface area contributed by atoms with Crippen LogP contribution in [0.5, 0.6) is 0 Å². The van der Waals surface area contributed by atoms with Gasteiger partial charge in [-0.3, -0.25) is 28.9 Å². The second kappa shape index (κ2) is 11.4. The Morgan fingerprint density at radius 3 is 2.54 bits per heavy atom. The van der Waals surface area contributed by atoms with Crippen molar-refractivity contribution >= 4 is 53.2 Å². The number of amides is 3. The Hall–Kier alpha value is -4.42. The van der Waals surface area contributed by atoms with Crippen molar-refractivity contribution in [3.8, 4) is 0 Å². The molecule has 0 aromatic rings. The number of nitrogens with zero attached hydrogens (tertiary/aromatic N) is 2. The van der Waals surface area contributed by atoms with Crippen molar-refractivity contribution in [2.75, 3.05) is 32.6 Å². The molecule has 46 heavy (non-hydrogen) atoms. The van der Waals surface area contributed by atoms with Crippen molar-refractivity contribution in [1.82, 2.24) is 25.8 Å². The first kappa shape index (κ1) is 31.6. The number of hydrogen-bond acceptors (Lipinski definition) is 13. The Bertz CT molecular complexity index is 1590. The van der Waals surface area contributed by atoms with Gasteiger partial charge >= 0.3 is 18.0 Å². The van der Waals surface area contributed by atoms with E-state index in [2.05, 4.69) is 16.0 Å². The summed E-state index contributed by atoms with van der Waals surface area (Å²) in [5.41, 5.74) is 4.43. The molecule has 3 saturated heterocycles. The molecule has 7 N–H and O–H groups in total. The van der Waals surface area contributed by atoms with Gasteiger partial charge in [0, 0.05) is 56.0 Å². The monoisotopic (exact) mass is 660 g/mol. The van der Waals surface area contributed by atoms with Crippen molar-refractivity contribution in [1.29, 1.82) is 0 Å². The van der Waals surface area contributed by atoms with E-state index in [1.807, 2.05) is 0 Å². The summed E-state index contributed by atoms with van der Waals surface area (Å²) in [6.07, 6.45) is -1.25. The fourth-order valence-electron chi connectivity index (χ4n) is 7.16. The molecular formula is C28H32N6O11S. The lowest BCUT2D eigenvalue weighted by atomic mass is 9.82. The zero-order valence-electron chi connectivity index (χ0n) is 24.8. The second-order valence-electron chi connectivity index (χ2n) is 11.7. The normalized spacial score (nSPS) is 30.8. The van der Waals surface area contributed by atoms with Crippen LogP contribution in [0.25, 0.3) is 0 Å². The molecule has 0 aromatic carbocycles. The fourth-order valence-corrected chi connectivity index (χ4v) is 8.51. The maximum Gasteiger partial charge on any atom is 0.404 e. The van der Waals surface area contributed by atoms with Crippen molar-refractivity contribution in [2.24, 2.45) is 11.7 Å². The lowest BCUT2D eigenvalue weighted by molar-refractivity contribution is -0.150. The van der Waals surface area contributed by atoms with E-state index in [0.29, 0.717) is 6.54 Å². The number of carbonyl (C=O) groups is 7. The van der Waals surface area contributed by atoms with E-state index < -0.39 is 64.5 Å². The molecule has 1 aliphatic carbocycles. The van der Waals surface area contributed by atoms with Gasteiger partial charge in [0.15, 0.2) is 5.72 Å². The summed E-state index contributed by atoms with van der Waals surface area (Å²) in [5.74, 6) is -5.23. The summed E-state index contributed by atoms with van der Waals surface area (Å²) in [7, 11) is 1.46. The maximum atomic E-state index is 14.1. The van der Waals surface area contributed by atoms with Gasteiger partial charge in [-0.2, -0.15) is 0 Å². The van der Waals surface area contributed by atoms with E-state index in [4.69, 9.17) is 20.3 Å². The molecule has 0 aromatic heterocycles. The Balaban J connectivity index is 1.20. The van der Waals surface area contributed by atoms with E-state index in [-0.39, 0.29) is 84.1 Å². The molecule has 6 aliphatic rings. The average Bonchev–Trinajstić information content (AvgIpc) is 3.62. The van der Waals surface area contributed by atoms with Crippen LogP contribution in [0.1, 0.15) is 26.2 Å². The van der Waals surface area contributed by atoms with Gasteiger partial charge in [0.05, 0.1) is 23.4 Å². The molecule has 6 atom stereocenters. The van der Waals surface area contributed by atoms with E-state index in [1.165, 1.54) is 25.8 Å². The summed E-state index contributed by atoms with van der Waals surface area (Å²) < 4.78 is 11.1. The number of thioether (sulfide) groups is 1. The van der Waals surface area contributed by atoms with Crippen LogP contribution in [0.15, 0.2) is 33.8 Å². The van der Waals surface area contributed by atoms with Crippen molar-refractivity contribution in [3.63, 3.8) is 0 Å². The highest BCUT2D eigenvalue weighted by molar-refractivity contribution is 8.00. The summed E-state index contributed by atoms with van der Waals surface area (Å²) in [5, 5.41) is 26.9. The molecule has 18 heteroatoms. The number of aliphatic carboxylic acids is 2. The third-order valence-corrected chi connectivity index (χ3v) is 10.6. The number of carboxylic acid groups (broad SMARTS) is 2. The number of ether oxygens (including phenoxy) is 2. The number of methoxy groups -OCH3 is 1. The predicted molar refractivity (Wildman–Crippen MR) is 155 cm³/mol. The number of piperazine rings is 1. The van der Waals surface area contributed by atoms with Crippen LogP contribution in [0, 0.1) is 5.92 Å². The Kier molecular flexibility index (Phi) is 7.84. The largest absolute Gasteiger partial charge is 0.481 e. The number of ketones is 2. The fraction of sp³-hybridized carbons (Fsp3) is 0.536. The average molecular weight is 661 g/mol. The van der Waals surface area contributed by atoms with Crippen molar-refractivity contribution in [2.45, 2.75) is 55.4 Å². The summed E-state index contributed by atoms with van der Waals surface area (Å²) in [4.78, 5) is 90.5. The molecule has 6 rings (SSSR count). The standard InChI is InChI=1S/C28H32N6O11S/c1-10-17(22(39)16-12(8-45-27(29)43)28(44-2)23-13(31-23)7-33(28)20(16)21(10)38)30-6-11-9-46-25-18(24(40)34(25)19(11)26(41)42)32-14(35)4-3-5-15(36)37/h12-13,18,23,25,30-31H,3-9H2,1-2H3,(H2,29,43)(H,32,35)(H,36,37)(H,41,42)/t12-,13+,18-,23+,25-,28-/m1/s1. The Labute approximate surface area is 265 Å². The van der Waals surface area contributed by atoms with Gasteiger partial charge in [0.1, 0.15) is 23.7 Å². The SMILES string of the molecule is CO[C@@]12[C@H](COC(N)=O)C3=C(C(=O)C(C)=C(NCC4=C(C(=O)O)N5C(=O)[C@@H](NC(=O)CCCC(=O)O)[C@H]5SC4)C3=O)N1C[C@@H]1N[C@@H]12. The van der Waals surface area contributed by atoms with Gasteiger partial charge in [0.2, 0.25) is 17.5 Å². The predicted octanol–water partition coefficient (Wildman–Crippen LogP) is -2.03. The van der Waals surface area contributed by atoms with Gasteiger partial charge in [0.25, 0.3) is 5.91 Å². The zero-order chi connectivity index (χ0) is 33.2. The topological polar surface area (TPSA) is 257 Å². The molecule has 5 heterocycles. The number of hydrogen-bond donors (Lipinski definition) is 6. The van der Waals surface area contributed by atoms with E-state index in [9.17, 15) is 38.7 Å². The molecule has 0 bridgehead atoms. The third-order valence-electron chi connectivity index (χ3n) is 9.27. The van der Waals surface area contributed by atoms with Crippen LogP contribution in [-0.4, -0.2) is 123 Å². The number of rotatable bonds is 12. The van der Waals surface area contributed by atoms with E-state index in [0.717, 1.165) is 4.90 Å².